The van der Waals surface area contributed by atoms with E-state index in [4.69, 9.17) is 5.11 Å². The van der Waals surface area contributed by atoms with Gasteiger partial charge in [0.2, 0.25) is 0 Å². The fourth-order valence-electron chi connectivity index (χ4n) is 4.95. The highest BCUT2D eigenvalue weighted by Gasteiger charge is 2.40. The predicted molar refractivity (Wildman–Crippen MR) is 94.3 cm³/mol. The van der Waals surface area contributed by atoms with Gasteiger partial charge in [0, 0.05) is 19.1 Å². The first kappa shape index (κ1) is 16.4. The van der Waals surface area contributed by atoms with Crippen LogP contribution in [0, 0.1) is 17.8 Å². The summed E-state index contributed by atoms with van der Waals surface area (Å²) in [5.74, 6) is 0.00978. The first-order chi connectivity index (χ1) is 12.1. The number of carboxylic acid groups (broad SMARTS) is 1. The smallest absolute Gasteiger partial charge is 0.317 e. The van der Waals surface area contributed by atoms with Crippen molar-refractivity contribution in [2.24, 2.45) is 17.8 Å². The minimum Gasteiger partial charge on any atom is -0.481 e. The lowest BCUT2D eigenvalue weighted by Gasteiger charge is -2.33. The fourth-order valence-corrected chi connectivity index (χ4v) is 4.95. The van der Waals surface area contributed by atoms with Gasteiger partial charge in [-0.25, -0.2) is 4.79 Å². The van der Waals surface area contributed by atoms with Crippen LogP contribution in [-0.4, -0.2) is 41.1 Å². The second-order valence-corrected chi connectivity index (χ2v) is 7.85. The minimum absolute atomic E-state index is 0.00306. The third kappa shape index (κ3) is 3.24. The van der Waals surface area contributed by atoms with E-state index in [2.05, 4.69) is 29.6 Å². The van der Waals surface area contributed by atoms with Crippen molar-refractivity contribution in [2.75, 3.05) is 13.1 Å². The number of benzene rings is 1. The Bertz CT molecular complexity index is 634. The fraction of sp³-hybridized carbons (Fsp3) is 0.600. The van der Waals surface area contributed by atoms with Crippen LogP contribution in [0.15, 0.2) is 24.3 Å². The standard InChI is InChI=1S/C20H26N2O3/c23-19(24)13-7-9-22(10-8-13)20(25)21-18-16-5-6-17(18)12-15-4-2-1-3-14(15)11-16/h1-4,13,16-18H,5-12H2,(H,21,25)(H,23,24). The number of piperidine rings is 1. The highest BCUT2D eigenvalue weighted by atomic mass is 16.4. The van der Waals surface area contributed by atoms with Crippen molar-refractivity contribution in [3.8, 4) is 0 Å². The van der Waals surface area contributed by atoms with Crippen LogP contribution >= 0.6 is 0 Å². The number of hydrogen-bond donors (Lipinski definition) is 2. The lowest BCUT2D eigenvalue weighted by molar-refractivity contribution is -0.143. The second kappa shape index (κ2) is 6.70. The van der Waals surface area contributed by atoms with E-state index in [1.807, 2.05) is 0 Å². The van der Waals surface area contributed by atoms with Crippen LogP contribution in [0.3, 0.4) is 0 Å². The zero-order chi connectivity index (χ0) is 17.4. The van der Waals surface area contributed by atoms with Crippen molar-refractivity contribution in [3.63, 3.8) is 0 Å². The van der Waals surface area contributed by atoms with Crippen LogP contribution in [0.4, 0.5) is 4.79 Å². The molecule has 2 fully saturated rings. The molecule has 1 heterocycles. The molecule has 1 aromatic carbocycles. The lowest BCUT2D eigenvalue weighted by atomic mass is 9.94. The summed E-state index contributed by atoms with van der Waals surface area (Å²) in [4.78, 5) is 25.6. The highest BCUT2D eigenvalue weighted by molar-refractivity contribution is 5.75. The molecule has 2 amide bonds. The highest BCUT2D eigenvalue weighted by Crippen LogP contribution is 2.40. The summed E-state index contributed by atoms with van der Waals surface area (Å²) >= 11 is 0. The van der Waals surface area contributed by atoms with Gasteiger partial charge in [-0.05, 0) is 61.5 Å². The summed E-state index contributed by atoms with van der Waals surface area (Å²) in [7, 11) is 0. The Kier molecular flexibility index (Phi) is 4.40. The third-order valence-electron chi connectivity index (χ3n) is 6.43. The summed E-state index contributed by atoms with van der Waals surface area (Å²) in [5, 5.41) is 12.4. The molecule has 5 nitrogen and oxygen atoms in total. The number of aliphatic carboxylic acids is 1. The Morgan fingerprint density at radius 2 is 1.52 bits per heavy atom. The Balaban J connectivity index is 1.40. The van der Waals surface area contributed by atoms with Gasteiger partial charge in [0.15, 0.2) is 0 Å². The van der Waals surface area contributed by atoms with Crippen LogP contribution in [0.2, 0.25) is 0 Å². The van der Waals surface area contributed by atoms with Crippen LogP contribution in [-0.2, 0) is 17.6 Å². The number of amides is 2. The van der Waals surface area contributed by atoms with Crippen LogP contribution in [0.5, 0.6) is 0 Å². The first-order valence-corrected chi connectivity index (χ1v) is 9.47. The molecule has 4 rings (SSSR count). The topological polar surface area (TPSA) is 69.6 Å². The maximum atomic E-state index is 12.7. The van der Waals surface area contributed by atoms with Gasteiger partial charge in [-0.2, -0.15) is 0 Å². The molecule has 1 saturated carbocycles. The number of rotatable bonds is 2. The van der Waals surface area contributed by atoms with Crippen molar-refractivity contribution in [1.82, 2.24) is 10.2 Å². The van der Waals surface area contributed by atoms with Crippen molar-refractivity contribution < 1.29 is 14.7 Å². The SMILES string of the molecule is O=C(O)C1CCN(C(=O)NC2C3CCC2Cc2ccccc2C3)CC1. The molecule has 1 saturated heterocycles. The van der Waals surface area contributed by atoms with E-state index in [1.165, 1.54) is 24.0 Å². The van der Waals surface area contributed by atoms with E-state index in [0.717, 1.165) is 12.8 Å². The zero-order valence-corrected chi connectivity index (χ0v) is 14.5. The van der Waals surface area contributed by atoms with Gasteiger partial charge in [-0.15, -0.1) is 0 Å². The Labute approximate surface area is 148 Å². The Hall–Kier alpha value is -2.04. The van der Waals surface area contributed by atoms with Gasteiger partial charge in [0.05, 0.1) is 5.92 Å². The normalized spacial score (nSPS) is 29.0. The van der Waals surface area contributed by atoms with Gasteiger partial charge < -0.3 is 15.3 Å². The molecule has 2 unspecified atom stereocenters. The molecule has 2 aliphatic carbocycles. The van der Waals surface area contributed by atoms with Gasteiger partial charge in [0.1, 0.15) is 0 Å². The molecule has 0 spiro atoms. The number of hydrogen-bond acceptors (Lipinski definition) is 2. The molecule has 2 N–H and O–H groups in total. The molecule has 3 aliphatic rings. The van der Waals surface area contributed by atoms with E-state index < -0.39 is 5.97 Å². The Morgan fingerprint density at radius 1 is 0.960 bits per heavy atom. The maximum Gasteiger partial charge on any atom is 0.317 e. The van der Waals surface area contributed by atoms with Gasteiger partial charge >= 0.3 is 12.0 Å². The summed E-state index contributed by atoms with van der Waals surface area (Å²) < 4.78 is 0. The third-order valence-corrected chi connectivity index (χ3v) is 6.43. The van der Waals surface area contributed by atoms with E-state index >= 15 is 0 Å². The van der Waals surface area contributed by atoms with Crippen molar-refractivity contribution in [2.45, 2.75) is 44.6 Å². The summed E-state index contributed by atoms with van der Waals surface area (Å²) in [6.45, 7) is 1.09. The molecule has 2 atom stereocenters. The van der Waals surface area contributed by atoms with Crippen LogP contribution < -0.4 is 5.32 Å². The summed E-state index contributed by atoms with van der Waals surface area (Å²) in [6, 6.07) is 8.92. The number of nitrogens with one attached hydrogen (secondary N) is 1. The van der Waals surface area contributed by atoms with E-state index in [9.17, 15) is 9.59 Å². The molecular formula is C20H26N2O3. The quantitative estimate of drug-likeness (QED) is 0.868. The predicted octanol–water partition coefficient (Wildman–Crippen LogP) is 2.69. The van der Waals surface area contributed by atoms with E-state index in [0.29, 0.717) is 37.8 Å². The molecule has 1 aliphatic heterocycles. The number of carboxylic acids is 1. The van der Waals surface area contributed by atoms with Crippen LogP contribution in [0.25, 0.3) is 0 Å². The van der Waals surface area contributed by atoms with Gasteiger partial charge in [0.25, 0.3) is 0 Å². The molecule has 0 radical (unpaired) electrons. The maximum absolute atomic E-state index is 12.7. The number of carbonyl (C=O) groups excluding carboxylic acids is 1. The first-order valence-electron chi connectivity index (χ1n) is 9.47. The largest absolute Gasteiger partial charge is 0.481 e. The number of carbonyl (C=O) groups is 2. The number of likely N-dealkylation sites (tertiary alicyclic amines) is 1. The van der Waals surface area contributed by atoms with E-state index in [-0.39, 0.29) is 18.0 Å². The minimum atomic E-state index is -0.736. The van der Waals surface area contributed by atoms with Crippen molar-refractivity contribution in [3.05, 3.63) is 35.4 Å². The van der Waals surface area contributed by atoms with Crippen LogP contribution in [0.1, 0.15) is 36.8 Å². The summed E-state index contributed by atoms with van der Waals surface area (Å²) in [5.41, 5.74) is 2.88. The molecule has 25 heavy (non-hydrogen) atoms. The summed E-state index contributed by atoms with van der Waals surface area (Å²) in [6.07, 6.45) is 5.60. The molecule has 5 heteroatoms. The molecular weight excluding hydrogens is 316 g/mol. The monoisotopic (exact) mass is 342 g/mol. The van der Waals surface area contributed by atoms with Gasteiger partial charge in [-0.3, -0.25) is 4.79 Å². The van der Waals surface area contributed by atoms with E-state index in [1.54, 1.807) is 4.90 Å². The zero-order valence-electron chi connectivity index (χ0n) is 14.5. The van der Waals surface area contributed by atoms with Crippen molar-refractivity contribution in [1.29, 1.82) is 0 Å². The number of urea groups is 1. The Morgan fingerprint density at radius 3 is 2.04 bits per heavy atom. The lowest BCUT2D eigenvalue weighted by Crippen LogP contribution is -2.51. The molecule has 0 aromatic heterocycles. The average molecular weight is 342 g/mol. The molecule has 1 aromatic rings. The van der Waals surface area contributed by atoms with Crippen molar-refractivity contribution >= 4 is 12.0 Å². The second-order valence-electron chi connectivity index (χ2n) is 7.85. The molecule has 2 bridgehead atoms. The number of nitrogens with zero attached hydrogens (tertiary/aromatic N) is 1. The number of fused-ring (bicyclic) bond motifs is 3. The average Bonchev–Trinajstić information content (AvgIpc) is 2.89. The van der Waals surface area contributed by atoms with Gasteiger partial charge in [-0.1, -0.05) is 24.3 Å². The molecule has 134 valence electrons.